The molecule has 0 aliphatic carbocycles. The Morgan fingerprint density at radius 1 is 0.739 bits per heavy atom. The highest BCUT2D eigenvalue weighted by Crippen LogP contribution is 2.01. The lowest BCUT2D eigenvalue weighted by Gasteiger charge is -2.07. The summed E-state index contributed by atoms with van der Waals surface area (Å²) in [5.41, 5.74) is 0. The number of carbonyl (C=O) groups excluding carboxylic acids is 2. The zero-order valence-electron chi connectivity index (χ0n) is 14.6. The van der Waals surface area contributed by atoms with Crippen molar-refractivity contribution in [3.05, 3.63) is 0 Å². The Kier molecular flexibility index (Phi) is 13.7. The average molecular weight is 330 g/mol. The fourth-order valence-corrected chi connectivity index (χ4v) is 2.18. The molecule has 0 rings (SSSR count). The number of unbranched alkanes of at least 4 members (excludes halogenated alkanes) is 2. The molecule has 2 amide bonds. The Morgan fingerprint density at radius 3 is 1.48 bits per heavy atom. The van der Waals surface area contributed by atoms with Crippen molar-refractivity contribution in [3.8, 4) is 0 Å². The molecule has 0 aliphatic heterocycles. The molecule has 0 saturated heterocycles. The normalized spacial score (nSPS) is 13.4. The van der Waals surface area contributed by atoms with E-state index >= 15 is 0 Å². The van der Waals surface area contributed by atoms with Crippen molar-refractivity contribution in [2.45, 2.75) is 83.8 Å². The predicted molar refractivity (Wildman–Crippen MR) is 90.9 cm³/mol. The van der Waals surface area contributed by atoms with Gasteiger partial charge in [0.05, 0.1) is 12.2 Å². The van der Waals surface area contributed by atoms with Crippen LogP contribution in [-0.2, 0) is 9.59 Å². The van der Waals surface area contributed by atoms with Crippen LogP contribution in [-0.4, -0.2) is 47.3 Å². The van der Waals surface area contributed by atoms with E-state index in [4.69, 9.17) is 10.2 Å². The maximum atomic E-state index is 11.5. The van der Waals surface area contributed by atoms with Crippen molar-refractivity contribution in [2.75, 3.05) is 13.1 Å². The molecule has 0 radical (unpaired) electrons. The predicted octanol–water partition coefficient (Wildman–Crippen LogP) is 1.49. The number of nitrogens with one attached hydrogen (secondary N) is 2. The molecule has 0 aromatic carbocycles. The van der Waals surface area contributed by atoms with E-state index in [0.717, 1.165) is 19.3 Å². The van der Waals surface area contributed by atoms with Crippen molar-refractivity contribution >= 4 is 11.8 Å². The van der Waals surface area contributed by atoms with E-state index in [1.807, 2.05) is 0 Å². The molecule has 4 N–H and O–H groups in total. The van der Waals surface area contributed by atoms with Crippen LogP contribution in [0.15, 0.2) is 0 Å². The monoisotopic (exact) mass is 330 g/mol. The summed E-state index contributed by atoms with van der Waals surface area (Å²) in [5.74, 6) is 0.0779. The van der Waals surface area contributed by atoms with Gasteiger partial charge in [0.2, 0.25) is 11.8 Å². The molecule has 0 bridgehead atoms. The number of hydrogen-bond donors (Lipinski definition) is 4. The third-order valence-corrected chi connectivity index (χ3v) is 3.55. The summed E-state index contributed by atoms with van der Waals surface area (Å²) in [5, 5.41) is 23.9. The minimum Gasteiger partial charge on any atom is -0.393 e. The van der Waals surface area contributed by atoms with E-state index in [0.29, 0.717) is 51.6 Å². The van der Waals surface area contributed by atoms with E-state index in [1.165, 1.54) is 0 Å². The summed E-state index contributed by atoms with van der Waals surface area (Å²) in [6.07, 6.45) is 5.75. The Balaban J connectivity index is 3.32. The molecule has 6 nitrogen and oxygen atoms in total. The van der Waals surface area contributed by atoms with Crippen molar-refractivity contribution in [3.63, 3.8) is 0 Å². The fourth-order valence-electron chi connectivity index (χ4n) is 2.18. The van der Waals surface area contributed by atoms with Crippen LogP contribution in [0.25, 0.3) is 0 Å². The second kappa shape index (κ2) is 14.5. The second-order valence-corrected chi connectivity index (χ2v) is 6.24. The van der Waals surface area contributed by atoms with Crippen LogP contribution in [0.1, 0.15) is 71.6 Å². The summed E-state index contributed by atoms with van der Waals surface area (Å²) in [4.78, 5) is 23.0. The maximum absolute atomic E-state index is 11.5. The lowest BCUT2D eigenvalue weighted by Crippen LogP contribution is -2.25. The summed E-state index contributed by atoms with van der Waals surface area (Å²) in [6, 6.07) is 0. The van der Waals surface area contributed by atoms with E-state index < -0.39 is 0 Å². The number of hydrogen-bond acceptors (Lipinski definition) is 4. The van der Waals surface area contributed by atoms with Gasteiger partial charge in [0, 0.05) is 25.9 Å². The van der Waals surface area contributed by atoms with Gasteiger partial charge in [0.15, 0.2) is 0 Å². The molecule has 23 heavy (non-hydrogen) atoms. The van der Waals surface area contributed by atoms with Gasteiger partial charge in [0.1, 0.15) is 0 Å². The molecular weight excluding hydrogens is 296 g/mol. The van der Waals surface area contributed by atoms with Crippen LogP contribution >= 0.6 is 0 Å². The first-order valence-corrected chi connectivity index (χ1v) is 8.81. The Hall–Kier alpha value is -1.14. The highest BCUT2D eigenvalue weighted by Gasteiger charge is 2.03. The first-order valence-electron chi connectivity index (χ1n) is 8.81. The van der Waals surface area contributed by atoms with E-state index in [9.17, 15) is 9.59 Å². The summed E-state index contributed by atoms with van der Waals surface area (Å²) < 4.78 is 0. The fraction of sp³-hybridized carbons (Fsp3) is 0.882. The van der Waals surface area contributed by atoms with Crippen molar-refractivity contribution in [1.29, 1.82) is 0 Å². The average Bonchev–Trinajstić information content (AvgIpc) is 2.45. The molecule has 0 spiro atoms. The standard InChI is InChI=1S/C17H34N2O4/c1-14(20)8-6-10-16(22)18-12-4-3-5-13-19-17(23)11-7-9-15(2)21/h14-15,20-21H,3-13H2,1-2H3,(H,18,22)(H,19,23). The van der Waals surface area contributed by atoms with Gasteiger partial charge < -0.3 is 20.8 Å². The molecule has 0 aromatic heterocycles. The molecule has 136 valence electrons. The van der Waals surface area contributed by atoms with Gasteiger partial charge >= 0.3 is 0 Å². The lowest BCUT2D eigenvalue weighted by molar-refractivity contribution is -0.122. The van der Waals surface area contributed by atoms with Crippen LogP contribution in [0.5, 0.6) is 0 Å². The Labute approximate surface area is 140 Å². The number of rotatable bonds is 14. The molecule has 6 heteroatoms. The van der Waals surface area contributed by atoms with E-state index in [2.05, 4.69) is 10.6 Å². The Morgan fingerprint density at radius 2 is 1.13 bits per heavy atom. The first-order chi connectivity index (χ1) is 10.9. The summed E-state index contributed by atoms with van der Waals surface area (Å²) >= 11 is 0. The zero-order valence-corrected chi connectivity index (χ0v) is 14.6. The minimum absolute atomic E-state index is 0.0389. The molecule has 0 aromatic rings. The SMILES string of the molecule is CC(O)CCCC(=O)NCCCCCNC(=O)CCCC(C)O. The van der Waals surface area contributed by atoms with Crippen LogP contribution < -0.4 is 10.6 Å². The van der Waals surface area contributed by atoms with E-state index in [-0.39, 0.29) is 24.0 Å². The van der Waals surface area contributed by atoms with Gasteiger partial charge in [-0.1, -0.05) is 0 Å². The number of aliphatic hydroxyl groups is 2. The molecule has 2 unspecified atom stereocenters. The third-order valence-electron chi connectivity index (χ3n) is 3.55. The van der Waals surface area contributed by atoms with Gasteiger partial charge in [-0.2, -0.15) is 0 Å². The van der Waals surface area contributed by atoms with Gasteiger partial charge in [-0.3, -0.25) is 9.59 Å². The molecule has 0 saturated carbocycles. The quantitative estimate of drug-likeness (QED) is 0.363. The highest BCUT2D eigenvalue weighted by atomic mass is 16.3. The number of carbonyl (C=O) groups is 2. The van der Waals surface area contributed by atoms with Crippen LogP contribution in [0.3, 0.4) is 0 Å². The van der Waals surface area contributed by atoms with Crippen molar-refractivity contribution in [2.24, 2.45) is 0 Å². The first kappa shape index (κ1) is 21.9. The lowest BCUT2D eigenvalue weighted by atomic mass is 10.1. The largest absolute Gasteiger partial charge is 0.393 e. The Bertz CT molecular complexity index is 290. The van der Waals surface area contributed by atoms with Gasteiger partial charge in [-0.25, -0.2) is 0 Å². The molecule has 0 fully saturated rings. The third kappa shape index (κ3) is 17.1. The summed E-state index contributed by atoms with van der Waals surface area (Å²) in [6.45, 7) is 4.78. The van der Waals surface area contributed by atoms with Gasteiger partial charge in [0.25, 0.3) is 0 Å². The van der Waals surface area contributed by atoms with Crippen molar-refractivity contribution in [1.82, 2.24) is 10.6 Å². The molecule has 0 heterocycles. The van der Waals surface area contributed by atoms with Crippen LogP contribution in [0, 0.1) is 0 Å². The zero-order chi connectivity index (χ0) is 17.5. The second-order valence-electron chi connectivity index (χ2n) is 6.24. The molecule has 2 atom stereocenters. The smallest absolute Gasteiger partial charge is 0.219 e. The molecule has 0 aliphatic rings. The highest BCUT2D eigenvalue weighted by molar-refractivity contribution is 5.76. The maximum Gasteiger partial charge on any atom is 0.219 e. The number of amides is 2. The van der Waals surface area contributed by atoms with E-state index in [1.54, 1.807) is 13.8 Å². The van der Waals surface area contributed by atoms with Gasteiger partial charge in [-0.05, 0) is 58.8 Å². The van der Waals surface area contributed by atoms with Crippen LogP contribution in [0.4, 0.5) is 0 Å². The topological polar surface area (TPSA) is 98.7 Å². The number of aliphatic hydroxyl groups excluding tert-OH is 2. The molecular formula is C17H34N2O4. The van der Waals surface area contributed by atoms with Crippen molar-refractivity contribution < 1.29 is 19.8 Å². The van der Waals surface area contributed by atoms with Gasteiger partial charge in [-0.15, -0.1) is 0 Å². The summed E-state index contributed by atoms with van der Waals surface area (Å²) in [7, 11) is 0. The minimum atomic E-state index is -0.343. The van der Waals surface area contributed by atoms with Crippen LogP contribution in [0.2, 0.25) is 0 Å².